The minimum atomic E-state index is -0.348. The molecule has 0 bridgehead atoms. The van der Waals surface area contributed by atoms with E-state index in [0.29, 0.717) is 17.8 Å². The van der Waals surface area contributed by atoms with Gasteiger partial charge in [0.05, 0.1) is 12.7 Å². The van der Waals surface area contributed by atoms with Crippen LogP contribution in [0.1, 0.15) is 45.6 Å². The molecule has 5 nitrogen and oxygen atoms in total. The third-order valence-electron chi connectivity index (χ3n) is 4.42. The number of nitrogens with zero attached hydrogens (tertiary/aromatic N) is 2. The van der Waals surface area contributed by atoms with Crippen molar-refractivity contribution in [3.8, 4) is 11.1 Å². The van der Waals surface area contributed by atoms with Crippen molar-refractivity contribution in [2.45, 2.75) is 26.3 Å². The van der Waals surface area contributed by atoms with Crippen LogP contribution in [-0.2, 0) is 17.7 Å². The van der Waals surface area contributed by atoms with Gasteiger partial charge in [-0.25, -0.2) is 9.78 Å². The standard InChI is InChI=1S/C22H22N2O3/c1-3-6-21-23-18(15-25)14-24(21)13-16-9-11-17(12-10-16)19-7-4-5-8-20(19)22(26)27-2/h4-5,7-12,14-15H,3,6,13H2,1-2H3. The molecule has 138 valence electrons. The number of carbonyl (C=O) groups excluding carboxylic acids is 2. The molecule has 1 aromatic heterocycles. The second-order valence-corrected chi connectivity index (χ2v) is 6.31. The van der Waals surface area contributed by atoms with Crippen molar-refractivity contribution >= 4 is 12.3 Å². The highest BCUT2D eigenvalue weighted by molar-refractivity contribution is 5.97. The van der Waals surface area contributed by atoms with E-state index >= 15 is 0 Å². The maximum atomic E-state index is 12.0. The Bertz CT molecular complexity index is 942. The third kappa shape index (κ3) is 4.14. The van der Waals surface area contributed by atoms with Gasteiger partial charge in [0.15, 0.2) is 6.29 Å². The summed E-state index contributed by atoms with van der Waals surface area (Å²) in [4.78, 5) is 27.4. The van der Waals surface area contributed by atoms with Crippen LogP contribution >= 0.6 is 0 Å². The predicted molar refractivity (Wildman–Crippen MR) is 104 cm³/mol. The SMILES string of the molecule is CCCc1nc(C=O)cn1Cc1ccc(-c2ccccc2C(=O)OC)cc1. The lowest BCUT2D eigenvalue weighted by molar-refractivity contribution is 0.0601. The van der Waals surface area contributed by atoms with E-state index in [1.165, 1.54) is 7.11 Å². The summed E-state index contributed by atoms with van der Waals surface area (Å²) in [6.45, 7) is 2.74. The van der Waals surface area contributed by atoms with Gasteiger partial charge >= 0.3 is 5.97 Å². The molecule has 0 aliphatic carbocycles. The molecule has 3 aromatic rings. The number of esters is 1. The molecule has 0 aliphatic heterocycles. The number of aryl methyl sites for hydroxylation is 1. The lowest BCUT2D eigenvalue weighted by Crippen LogP contribution is -2.05. The highest BCUT2D eigenvalue weighted by Gasteiger charge is 2.13. The lowest BCUT2D eigenvalue weighted by Gasteiger charge is -2.10. The Morgan fingerprint density at radius 2 is 1.89 bits per heavy atom. The molecular formula is C22H22N2O3. The molecule has 3 rings (SSSR count). The second-order valence-electron chi connectivity index (χ2n) is 6.31. The van der Waals surface area contributed by atoms with Crippen molar-refractivity contribution in [3.63, 3.8) is 0 Å². The maximum Gasteiger partial charge on any atom is 0.338 e. The molecule has 0 radical (unpaired) electrons. The summed E-state index contributed by atoms with van der Waals surface area (Å²) < 4.78 is 6.89. The van der Waals surface area contributed by atoms with Crippen LogP contribution in [0.2, 0.25) is 0 Å². The first-order valence-corrected chi connectivity index (χ1v) is 8.94. The third-order valence-corrected chi connectivity index (χ3v) is 4.42. The normalized spacial score (nSPS) is 10.6. The summed E-state index contributed by atoms with van der Waals surface area (Å²) in [6, 6.07) is 15.4. The van der Waals surface area contributed by atoms with Crippen LogP contribution in [0.5, 0.6) is 0 Å². The number of carbonyl (C=O) groups is 2. The minimum absolute atomic E-state index is 0.348. The van der Waals surface area contributed by atoms with E-state index in [1.54, 1.807) is 12.3 Å². The summed E-state index contributed by atoms with van der Waals surface area (Å²) in [5.74, 6) is 0.568. The zero-order valence-electron chi connectivity index (χ0n) is 15.5. The molecule has 0 saturated carbocycles. The van der Waals surface area contributed by atoms with Crippen molar-refractivity contribution in [1.29, 1.82) is 0 Å². The van der Waals surface area contributed by atoms with E-state index in [4.69, 9.17) is 4.74 Å². The molecule has 27 heavy (non-hydrogen) atoms. The Kier molecular flexibility index (Phi) is 5.81. The zero-order chi connectivity index (χ0) is 19.2. The largest absolute Gasteiger partial charge is 0.465 e. The Hall–Kier alpha value is -3.21. The van der Waals surface area contributed by atoms with E-state index in [1.807, 2.05) is 47.0 Å². The first kappa shape index (κ1) is 18.6. The quantitative estimate of drug-likeness (QED) is 0.468. The Morgan fingerprint density at radius 3 is 2.56 bits per heavy atom. The van der Waals surface area contributed by atoms with E-state index in [-0.39, 0.29) is 5.97 Å². The Labute approximate surface area is 158 Å². The lowest BCUT2D eigenvalue weighted by atomic mass is 9.98. The number of benzene rings is 2. The molecular weight excluding hydrogens is 340 g/mol. The number of imidazole rings is 1. The van der Waals surface area contributed by atoms with Crippen LogP contribution in [-0.4, -0.2) is 28.9 Å². The highest BCUT2D eigenvalue weighted by atomic mass is 16.5. The summed E-state index contributed by atoms with van der Waals surface area (Å²) >= 11 is 0. The fourth-order valence-corrected chi connectivity index (χ4v) is 3.10. The van der Waals surface area contributed by atoms with Crippen LogP contribution in [0.3, 0.4) is 0 Å². The first-order chi connectivity index (χ1) is 13.2. The van der Waals surface area contributed by atoms with Gasteiger partial charge in [0.25, 0.3) is 0 Å². The first-order valence-electron chi connectivity index (χ1n) is 8.94. The van der Waals surface area contributed by atoms with Crippen molar-refractivity contribution < 1.29 is 14.3 Å². The Morgan fingerprint density at radius 1 is 1.15 bits per heavy atom. The molecule has 0 saturated heterocycles. The molecule has 0 atom stereocenters. The smallest absolute Gasteiger partial charge is 0.338 e. The van der Waals surface area contributed by atoms with E-state index < -0.39 is 0 Å². The van der Waals surface area contributed by atoms with Crippen LogP contribution in [0.25, 0.3) is 11.1 Å². The van der Waals surface area contributed by atoms with Gasteiger partial charge in [0.2, 0.25) is 0 Å². The fraction of sp³-hybridized carbons (Fsp3) is 0.227. The van der Waals surface area contributed by atoms with Gasteiger partial charge in [0, 0.05) is 19.2 Å². The summed E-state index contributed by atoms with van der Waals surface area (Å²) in [5.41, 5.74) is 3.90. The fourth-order valence-electron chi connectivity index (χ4n) is 3.10. The van der Waals surface area contributed by atoms with Gasteiger partial charge in [-0.1, -0.05) is 49.4 Å². The number of hydrogen-bond acceptors (Lipinski definition) is 4. The number of aldehydes is 1. The second kappa shape index (κ2) is 8.45. The number of ether oxygens (including phenoxy) is 1. The van der Waals surface area contributed by atoms with Crippen molar-refractivity contribution in [3.05, 3.63) is 77.4 Å². The molecule has 5 heteroatoms. The monoisotopic (exact) mass is 362 g/mol. The number of rotatable bonds is 7. The molecule has 0 spiro atoms. The number of hydrogen-bond donors (Lipinski definition) is 0. The topological polar surface area (TPSA) is 61.2 Å². The molecule has 0 N–H and O–H groups in total. The van der Waals surface area contributed by atoms with Gasteiger partial charge in [0.1, 0.15) is 11.5 Å². The van der Waals surface area contributed by atoms with Gasteiger partial charge in [-0.2, -0.15) is 0 Å². The average Bonchev–Trinajstić information content (AvgIpc) is 3.10. The molecule has 0 unspecified atom stereocenters. The van der Waals surface area contributed by atoms with Crippen molar-refractivity contribution in [2.75, 3.05) is 7.11 Å². The van der Waals surface area contributed by atoms with Crippen LogP contribution in [0.4, 0.5) is 0 Å². The van der Waals surface area contributed by atoms with Crippen molar-refractivity contribution in [2.24, 2.45) is 0 Å². The minimum Gasteiger partial charge on any atom is -0.465 e. The molecule has 2 aromatic carbocycles. The van der Waals surface area contributed by atoms with Crippen LogP contribution < -0.4 is 0 Å². The van der Waals surface area contributed by atoms with Gasteiger partial charge < -0.3 is 9.30 Å². The van der Waals surface area contributed by atoms with E-state index in [9.17, 15) is 9.59 Å². The van der Waals surface area contributed by atoms with Crippen LogP contribution in [0, 0.1) is 0 Å². The Balaban J connectivity index is 1.86. The molecule has 0 amide bonds. The summed E-state index contributed by atoms with van der Waals surface area (Å²) in [7, 11) is 1.38. The average molecular weight is 362 g/mol. The van der Waals surface area contributed by atoms with Gasteiger partial charge in [-0.05, 0) is 29.2 Å². The maximum absolute atomic E-state index is 12.0. The molecule has 0 fully saturated rings. The molecule has 0 aliphatic rings. The predicted octanol–water partition coefficient (Wildman–Crippen LogP) is 4.15. The van der Waals surface area contributed by atoms with Crippen LogP contribution in [0.15, 0.2) is 54.7 Å². The van der Waals surface area contributed by atoms with E-state index in [0.717, 1.165) is 41.6 Å². The van der Waals surface area contributed by atoms with Crippen molar-refractivity contribution in [1.82, 2.24) is 9.55 Å². The summed E-state index contributed by atoms with van der Waals surface area (Å²) in [5, 5.41) is 0. The van der Waals surface area contributed by atoms with Gasteiger partial charge in [-0.15, -0.1) is 0 Å². The van der Waals surface area contributed by atoms with E-state index in [2.05, 4.69) is 11.9 Å². The molecule has 1 heterocycles. The number of methoxy groups -OCH3 is 1. The zero-order valence-corrected chi connectivity index (χ0v) is 15.5. The highest BCUT2D eigenvalue weighted by Crippen LogP contribution is 2.25. The summed E-state index contributed by atoms with van der Waals surface area (Å²) in [6.07, 6.45) is 4.37. The van der Waals surface area contributed by atoms with Gasteiger partial charge in [-0.3, -0.25) is 4.79 Å². The number of aromatic nitrogens is 2.